The summed E-state index contributed by atoms with van der Waals surface area (Å²) in [6.45, 7) is 1.43. The standard InChI is InChI=1S/C11H18ClN3O4S2/c1-8-10(12)6-9(7-11(8)13)21(18,19)14-4-5-20(16,17)15(2)3/h6-7,14H,4-5,13H2,1-3H3. The van der Waals surface area contributed by atoms with Crippen LogP contribution in [0.4, 0.5) is 5.69 Å². The molecule has 0 saturated carbocycles. The Balaban J connectivity index is 2.89. The summed E-state index contributed by atoms with van der Waals surface area (Å²) in [5.74, 6) is -0.339. The third-order valence-electron chi connectivity index (χ3n) is 2.88. The number of nitrogens with one attached hydrogen (secondary N) is 1. The number of nitrogens with zero attached hydrogens (tertiary/aromatic N) is 1. The number of hydrogen-bond acceptors (Lipinski definition) is 5. The first-order valence-corrected chi connectivity index (χ1v) is 9.40. The highest BCUT2D eigenvalue weighted by Gasteiger charge is 2.19. The molecule has 0 heterocycles. The van der Waals surface area contributed by atoms with Crippen LogP contribution >= 0.6 is 11.6 Å². The van der Waals surface area contributed by atoms with Crippen LogP contribution in [0, 0.1) is 6.92 Å². The lowest BCUT2D eigenvalue weighted by molar-refractivity contribution is 0.519. The van der Waals surface area contributed by atoms with Crippen molar-refractivity contribution in [3.63, 3.8) is 0 Å². The van der Waals surface area contributed by atoms with Crippen molar-refractivity contribution in [2.24, 2.45) is 0 Å². The van der Waals surface area contributed by atoms with E-state index in [4.69, 9.17) is 17.3 Å². The molecule has 10 heteroatoms. The van der Waals surface area contributed by atoms with Crippen molar-refractivity contribution in [3.05, 3.63) is 22.7 Å². The molecule has 120 valence electrons. The summed E-state index contributed by atoms with van der Waals surface area (Å²) in [4.78, 5) is -0.0992. The van der Waals surface area contributed by atoms with Crippen LogP contribution in [0.1, 0.15) is 5.56 Å². The monoisotopic (exact) mass is 355 g/mol. The predicted octanol–water partition coefficient (Wildman–Crippen LogP) is 0.400. The van der Waals surface area contributed by atoms with Crippen LogP contribution in [0.25, 0.3) is 0 Å². The van der Waals surface area contributed by atoms with Gasteiger partial charge in [0, 0.05) is 31.4 Å². The molecule has 0 saturated heterocycles. The molecule has 0 amide bonds. The minimum absolute atomic E-state index is 0.0992. The highest BCUT2D eigenvalue weighted by atomic mass is 35.5. The first-order valence-electron chi connectivity index (χ1n) is 5.93. The van der Waals surface area contributed by atoms with Gasteiger partial charge in [0.15, 0.2) is 0 Å². The van der Waals surface area contributed by atoms with Gasteiger partial charge in [-0.1, -0.05) is 11.6 Å². The fourth-order valence-corrected chi connectivity index (χ4v) is 3.64. The van der Waals surface area contributed by atoms with Crippen LogP contribution in [0.3, 0.4) is 0 Å². The first kappa shape index (κ1) is 18.2. The Hall–Kier alpha value is -0.870. The van der Waals surface area contributed by atoms with Crippen LogP contribution in [0.2, 0.25) is 5.02 Å². The van der Waals surface area contributed by atoms with Gasteiger partial charge in [-0.05, 0) is 24.6 Å². The van der Waals surface area contributed by atoms with E-state index in [9.17, 15) is 16.8 Å². The number of sulfonamides is 2. The Bertz CT molecular complexity index is 707. The van der Waals surface area contributed by atoms with E-state index in [1.54, 1.807) is 6.92 Å². The zero-order valence-electron chi connectivity index (χ0n) is 11.9. The molecule has 3 N–H and O–H groups in total. The minimum Gasteiger partial charge on any atom is -0.398 e. The first-order chi connectivity index (χ1) is 9.47. The van der Waals surface area contributed by atoms with E-state index in [1.165, 1.54) is 26.2 Å². The number of hydrogen-bond donors (Lipinski definition) is 2. The fraction of sp³-hybridized carbons (Fsp3) is 0.455. The topological polar surface area (TPSA) is 110 Å². The summed E-state index contributed by atoms with van der Waals surface area (Å²) in [7, 11) is -4.58. The lowest BCUT2D eigenvalue weighted by atomic mass is 10.2. The number of nitrogens with two attached hydrogens (primary N) is 1. The molecular weight excluding hydrogens is 338 g/mol. The van der Waals surface area contributed by atoms with Gasteiger partial charge in [-0.3, -0.25) is 0 Å². The van der Waals surface area contributed by atoms with E-state index in [1.807, 2.05) is 0 Å². The lowest BCUT2D eigenvalue weighted by Gasteiger charge is -2.12. The van der Waals surface area contributed by atoms with Gasteiger partial charge in [0.05, 0.1) is 10.6 Å². The average Bonchev–Trinajstić information content (AvgIpc) is 2.34. The quantitative estimate of drug-likeness (QED) is 0.718. The molecule has 0 spiro atoms. The fourth-order valence-electron chi connectivity index (χ4n) is 1.40. The number of halogens is 1. The normalized spacial score (nSPS) is 12.8. The van der Waals surface area contributed by atoms with Crippen molar-refractivity contribution in [3.8, 4) is 0 Å². The summed E-state index contributed by atoms with van der Waals surface area (Å²) in [6, 6.07) is 2.56. The molecule has 0 aliphatic rings. The van der Waals surface area contributed by atoms with Gasteiger partial charge >= 0.3 is 0 Å². The number of benzene rings is 1. The molecule has 0 fully saturated rings. The molecule has 0 bridgehead atoms. The number of anilines is 1. The lowest BCUT2D eigenvalue weighted by Crippen LogP contribution is -2.34. The Kier molecular flexibility index (Phi) is 5.62. The Morgan fingerprint density at radius 2 is 1.81 bits per heavy atom. The maximum Gasteiger partial charge on any atom is 0.240 e. The average molecular weight is 356 g/mol. The highest BCUT2D eigenvalue weighted by molar-refractivity contribution is 7.90. The van der Waals surface area contributed by atoms with E-state index < -0.39 is 20.0 Å². The summed E-state index contributed by atoms with van der Waals surface area (Å²) in [6.07, 6.45) is 0. The van der Waals surface area contributed by atoms with Crippen molar-refractivity contribution >= 4 is 37.3 Å². The molecule has 21 heavy (non-hydrogen) atoms. The van der Waals surface area contributed by atoms with Crippen LogP contribution in [0.5, 0.6) is 0 Å². The number of rotatable bonds is 6. The third-order valence-corrected chi connectivity index (χ3v) is 6.54. The smallest absolute Gasteiger partial charge is 0.240 e. The van der Waals surface area contributed by atoms with Crippen LogP contribution in [-0.2, 0) is 20.0 Å². The Labute approximate surface area is 130 Å². The van der Waals surface area contributed by atoms with E-state index in [0.29, 0.717) is 5.56 Å². The van der Waals surface area contributed by atoms with Gasteiger partial charge in [-0.2, -0.15) is 0 Å². The van der Waals surface area contributed by atoms with Gasteiger partial charge in [0.2, 0.25) is 20.0 Å². The van der Waals surface area contributed by atoms with Crippen molar-refractivity contribution in [1.82, 2.24) is 9.03 Å². The zero-order chi connectivity index (χ0) is 16.4. The van der Waals surface area contributed by atoms with E-state index in [0.717, 1.165) is 4.31 Å². The van der Waals surface area contributed by atoms with Gasteiger partial charge < -0.3 is 5.73 Å². The molecule has 0 aliphatic carbocycles. The van der Waals surface area contributed by atoms with Crippen LogP contribution in [-0.4, -0.2) is 47.5 Å². The second kappa shape index (κ2) is 6.49. The largest absolute Gasteiger partial charge is 0.398 e. The van der Waals surface area contributed by atoms with Crippen molar-refractivity contribution in [2.45, 2.75) is 11.8 Å². The summed E-state index contributed by atoms with van der Waals surface area (Å²) < 4.78 is 50.5. The second-order valence-corrected chi connectivity index (χ2v) is 9.09. The molecule has 7 nitrogen and oxygen atoms in total. The van der Waals surface area contributed by atoms with E-state index >= 15 is 0 Å². The maximum absolute atomic E-state index is 12.1. The van der Waals surface area contributed by atoms with E-state index in [2.05, 4.69) is 4.72 Å². The van der Waals surface area contributed by atoms with Crippen LogP contribution in [0.15, 0.2) is 17.0 Å². The molecule has 0 unspecified atom stereocenters. The molecule has 0 aliphatic heterocycles. The van der Waals surface area contributed by atoms with Gasteiger partial charge in [-0.15, -0.1) is 0 Å². The third kappa shape index (κ3) is 4.55. The molecular formula is C11H18ClN3O4S2. The second-order valence-electron chi connectivity index (χ2n) is 4.62. The minimum atomic E-state index is -3.87. The maximum atomic E-state index is 12.1. The zero-order valence-corrected chi connectivity index (χ0v) is 14.3. The van der Waals surface area contributed by atoms with Crippen molar-refractivity contribution in [1.29, 1.82) is 0 Å². The van der Waals surface area contributed by atoms with Crippen LogP contribution < -0.4 is 10.5 Å². The Morgan fingerprint density at radius 3 is 2.29 bits per heavy atom. The Morgan fingerprint density at radius 1 is 1.24 bits per heavy atom. The molecule has 1 rings (SSSR count). The molecule has 1 aromatic carbocycles. The number of nitrogen functional groups attached to an aromatic ring is 1. The summed E-state index contributed by atoms with van der Waals surface area (Å²) >= 11 is 5.90. The molecule has 0 atom stereocenters. The SMILES string of the molecule is Cc1c(N)cc(S(=O)(=O)NCCS(=O)(=O)N(C)C)cc1Cl. The summed E-state index contributed by atoms with van der Waals surface area (Å²) in [5, 5.41) is 0.233. The highest BCUT2D eigenvalue weighted by Crippen LogP contribution is 2.25. The molecule has 1 aromatic rings. The molecule has 0 radical (unpaired) electrons. The molecule has 0 aromatic heterocycles. The van der Waals surface area contributed by atoms with Gasteiger partial charge in [-0.25, -0.2) is 25.9 Å². The van der Waals surface area contributed by atoms with Gasteiger partial charge in [0.25, 0.3) is 0 Å². The van der Waals surface area contributed by atoms with E-state index in [-0.39, 0.29) is 27.9 Å². The van der Waals surface area contributed by atoms with Crippen molar-refractivity contribution in [2.75, 3.05) is 32.1 Å². The predicted molar refractivity (Wildman–Crippen MR) is 83.3 cm³/mol. The van der Waals surface area contributed by atoms with Gasteiger partial charge in [0.1, 0.15) is 0 Å². The van der Waals surface area contributed by atoms with Crippen molar-refractivity contribution < 1.29 is 16.8 Å². The summed E-state index contributed by atoms with van der Waals surface area (Å²) in [5.41, 5.74) is 6.52.